The Bertz CT molecular complexity index is 1190. The number of nitrogens with zero attached hydrogens (tertiary/aromatic N) is 3. The Hall–Kier alpha value is -3.32. The van der Waals surface area contributed by atoms with E-state index < -0.39 is 5.82 Å². The van der Waals surface area contributed by atoms with Gasteiger partial charge in [-0.2, -0.15) is 0 Å². The largest absolute Gasteiger partial charge is 0.481 e. The van der Waals surface area contributed by atoms with E-state index in [1.165, 1.54) is 23.5 Å². The molecule has 0 aliphatic rings. The number of carbonyl (C=O) groups excluding carboxylic acids is 1. The van der Waals surface area contributed by atoms with E-state index in [1.54, 1.807) is 23.2 Å². The molecule has 2 aromatic heterocycles. The number of rotatable bonds is 6. The van der Waals surface area contributed by atoms with Crippen molar-refractivity contribution in [1.29, 1.82) is 0 Å². The van der Waals surface area contributed by atoms with E-state index in [1.807, 2.05) is 44.2 Å². The molecular weight excluding hydrogens is 401 g/mol. The quantitative estimate of drug-likeness (QED) is 0.437. The lowest BCUT2D eigenvalue weighted by Gasteiger charge is -2.19. The zero-order valence-electron chi connectivity index (χ0n) is 16.6. The maximum absolute atomic E-state index is 13.9. The van der Waals surface area contributed by atoms with Crippen LogP contribution in [0.25, 0.3) is 10.2 Å². The van der Waals surface area contributed by atoms with Crippen molar-refractivity contribution in [2.24, 2.45) is 0 Å². The zero-order chi connectivity index (χ0) is 21.1. The molecule has 2 heterocycles. The minimum absolute atomic E-state index is 0.0411. The Balaban J connectivity index is 1.65. The molecule has 152 valence electrons. The third kappa shape index (κ3) is 4.16. The first-order chi connectivity index (χ1) is 14.5. The summed E-state index contributed by atoms with van der Waals surface area (Å²) in [5, 5.41) is 0.562. The van der Waals surface area contributed by atoms with E-state index in [-0.39, 0.29) is 24.8 Å². The van der Waals surface area contributed by atoms with Crippen LogP contribution < -0.4 is 9.64 Å². The van der Waals surface area contributed by atoms with Gasteiger partial charge in [0.15, 0.2) is 23.3 Å². The van der Waals surface area contributed by atoms with E-state index in [0.717, 1.165) is 27.0 Å². The van der Waals surface area contributed by atoms with E-state index in [9.17, 15) is 9.18 Å². The molecule has 1 amide bonds. The molecule has 0 fully saturated rings. The molecule has 4 rings (SSSR count). The van der Waals surface area contributed by atoms with Crippen LogP contribution in [0, 0.1) is 19.7 Å². The van der Waals surface area contributed by atoms with Gasteiger partial charge in [0.2, 0.25) is 0 Å². The normalized spacial score (nSPS) is 10.9. The van der Waals surface area contributed by atoms with Gasteiger partial charge in [-0.15, -0.1) is 0 Å². The summed E-state index contributed by atoms with van der Waals surface area (Å²) < 4.78 is 20.3. The number of ether oxygens (including phenoxy) is 1. The highest BCUT2D eigenvalue weighted by atomic mass is 32.1. The number of fused-ring (bicyclic) bond motifs is 1. The van der Waals surface area contributed by atoms with Crippen molar-refractivity contribution in [2.75, 3.05) is 11.5 Å². The van der Waals surface area contributed by atoms with Crippen molar-refractivity contribution >= 4 is 32.6 Å². The highest BCUT2D eigenvalue weighted by Crippen LogP contribution is 2.32. The predicted molar refractivity (Wildman–Crippen MR) is 116 cm³/mol. The molecule has 5 nitrogen and oxygen atoms in total. The third-order valence-corrected chi connectivity index (χ3v) is 5.88. The number of aromatic nitrogens is 2. The standard InChI is InChI=1S/C23H20FN3O2S/c1-15-10-11-20-22(16(15)2)26-23(30-20)27(13-17-7-5-6-12-25-17)21(28)14-29-19-9-4-3-8-18(19)24/h3-12H,13-14H2,1-2H3. The highest BCUT2D eigenvalue weighted by molar-refractivity contribution is 7.22. The Morgan fingerprint density at radius 1 is 1.10 bits per heavy atom. The highest BCUT2D eigenvalue weighted by Gasteiger charge is 2.22. The molecule has 0 aliphatic heterocycles. The lowest BCUT2D eigenvalue weighted by molar-refractivity contribution is -0.120. The molecule has 0 radical (unpaired) electrons. The van der Waals surface area contributed by atoms with Gasteiger partial charge in [-0.25, -0.2) is 9.37 Å². The molecule has 0 atom stereocenters. The summed E-state index contributed by atoms with van der Waals surface area (Å²) in [5.74, 6) is -0.788. The van der Waals surface area contributed by atoms with Crippen molar-refractivity contribution in [3.63, 3.8) is 0 Å². The van der Waals surface area contributed by atoms with Crippen LogP contribution in [-0.2, 0) is 11.3 Å². The number of hydrogen-bond donors (Lipinski definition) is 0. The minimum Gasteiger partial charge on any atom is -0.481 e. The molecule has 0 bridgehead atoms. The van der Waals surface area contributed by atoms with Gasteiger partial charge in [0.25, 0.3) is 5.91 Å². The van der Waals surface area contributed by atoms with Crippen molar-refractivity contribution in [2.45, 2.75) is 20.4 Å². The first-order valence-corrected chi connectivity index (χ1v) is 10.3. The van der Waals surface area contributed by atoms with Gasteiger partial charge in [0.1, 0.15) is 0 Å². The monoisotopic (exact) mass is 421 g/mol. The topological polar surface area (TPSA) is 55.3 Å². The number of aryl methyl sites for hydroxylation is 2. The molecule has 0 N–H and O–H groups in total. The van der Waals surface area contributed by atoms with Crippen LogP contribution in [0.2, 0.25) is 0 Å². The van der Waals surface area contributed by atoms with Crippen LogP contribution in [0.1, 0.15) is 16.8 Å². The molecular formula is C23H20FN3O2S. The van der Waals surface area contributed by atoms with Gasteiger partial charge < -0.3 is 4.74 Å². The van der Waals surface area contributed by atoms with Gasteiger partial charge in [-0.1, -0.05) is 35.6 Å². The first-order valence-electron chi connectivity index (χ1n) is 9.47. The van der Waals surface area contributed by atoms with Gasteiger partial charge in [0, 0.05) is 6.20 Å². The second-order valence-corrected chi connectivity index (χ2v) is 7.88. The maximum Gasteiger partial charge on any atom is 0.267 e. The number of halogens is 1. The Morgan fingerprint density at radius 3 is 2.67 bits per heavy atom. The van der Waals surface area contributed by atoms with Crippen molar-refractivity contribution in [3.05, 3.63) is 83.4 Å². The number of benzene rings is 2. The van der Waals surface area contributed by atoms with Crippen LogP contribution in [-0.4, -0.2) is 22.5 Å². The van der Waals surface area contributed by atoms with Crippen LogP contribution in [0.4, 0.5) is 9.52 Å². The summed E-state index contributed by atoms with van der Waals surface area (Å²) in [6.07, 6.45) is 1.68. The number of anilines is 1. The first kappa shape index (κ1) is 20.0. The van der Waals surface area contributed by atoms with Crippen molar-refractivity contribution in [3.8, 4) is 5.75 Å². The SMILES string of the molecule is Cc1ccc2sc(N(Cc3ccccn3)C(=O)COc3ccccc3F)nc2c1C. The Labute approximate surface area is 177 Å². The minimum atomic E-state index is -0.507. The van der Waals surface area contributed by atoms with E-state index in [0.29, 0.717) is 5.13 Å². The van der Waals surface area contributed by atoms with Gasteiger partial charge in [0.05, 0.1) is 22.5 Å². The second kappa shape index (κ2) is 8.59. The van der Waals surface area contributed by atoms with Gasteiger partial charge in [-0.3, -0.25) is 14.7 Å². The molecule has 0 unspecified atom stereocenters. The second-order valence-electron chi connectivity index (χ2n) is 6.87. The van der Waals surface area contributed by atoms with Gasteiger partial charge in [-0.05, 0) is 55.3 Å². The fourth-order valence-electron chi connectivity index (χ4n) is 3.03. The van der Waals surface area contributed by atoms with Crippen LogP contribution in [0.15, 0.2) is 60.8 Å². The molecule has 30 heavy (non-hydrogen) atoms. The van der Waals surface area contributed by atoms with Crippen LogP contribution in [0.3, 0.4) is 0 Å². The maximum atomic E-state index is 13.9. The number of thiazole rings is 1. The summed E-state index contributed by atoms with van der Waals surface area (Å²) in [6, 6.07) is 15.6. The van der Waals surface area contributed by atoms with Crippen LogP contribution in [0.5, 0.6) is 5.75 Å². The van der Waals surface area contributed by atoms with Crippen LogP contribution >= 0.6 is 11.3 Å². The third-order valence-electron chi connectivity index (χ3n) is 4.84. The number of carbonyl (C=O) groups is 1. The number of pyridine rings is 1. The summed E-state index contributed by atoms with van der Waals surface area (Å²) in [7, 11) is 0. The molecule has 0 saturated carbocycles. The Morgan fingerprint density at radius 2 is 1.90 bits per heavy atom. The fraction of sp³-hybridized carbons (Fsp3) is 0.174. The predicted octanol–water partition coefficient (Wildman–Crippen LogP) is 5.06. The molecule has 4 aromatic rings. The summed E-state index contributed by atoms with van der Waals surface area (Å²) in [6.45, 7) is 4.00. The molecule has 7 heteroatoms. The lowest BCUT2D eigenvalue weighted by Crippen LogP contribution is -2.34. The Kier molecular flexibility index (Phi) is 5.72. The summed E-state index contributed by atoms with van der Waals surface area (Å²) >= 11 is 1.44. The summed E-state index contributed by atoms with van der Waals surface area (Å²) in [5.41, 5.74) is 3.83. The zero-order valence-corrected chi connectivity index (χ0v) is 17.4. The molecule has 0 spiro atoms. The average molecular weight is 421 g/mol. The number of hydrogen-bond acceptors (Lipinski definition) is 5. The smallest absolute Gasteiger partial charge is 0.267 e. The van der Waals surface area contributed by atoms with Crippen molar-refractivity contribution in [1.82, 2.24) is 9.97 Å². The van der Waals surface area contributed by atoms with Crippen molar-refractivity contribution < 1.29 is 13.9 Å². The molecule has 2 aromatic carbocycles. The fourth-order valence-corrected chi connectivity index (χ4v) is 4.07. The number of para-hydroxylation sites is 1. The lowest BCUT2D eigenvalue weighted by atomic mass is 10.1. The molecule has 0 aliphatic carbocycles. The molecule has 0 saturated heterocycles. The van der Waals surface area contributed by atoms with E-state index in [4.69, 9.17) is 9.72 Å². The van der Waals surface area contributed by atoms with E-state index >= 15 is 0 Å². The van der Waals surface area contributed by atoms with E-state index in [2.05, 4.69) is 4.98 Å². The van der Waals surface area contributed by atoms with Gasteiger partial charge >= 0.3 is 0 Å². The average Bonchev–Trinajstić information content (AvgIpc) is 3.19. The number of amides is 1. The summed E-state index contributed by atoms with van der Waals surface area (Å²) in [4.78, 5) is 23.7.